The van der Waals surface area contributed by atoms with E-state index in [0.717, 1.165) is 6.42 Å². The molecule has 2 heterocycles. The molecule has 0 atom stereocenters. The smallest absolute Gasteiger partial charge is 0.0721 e. The fourth-order valence-electron chi connectivity index (χ4n) is 5.06. The van der Waals surface area contributed by atoms with E-state index >= 15 is 0 Å². The molecular formula is C32H28N2. The zero-order chi connectivity index (χ0) is 23.1. The van der Waals surface area contributed by atoms with Gasteiger partial charge in [0.25, 0.3) is 0 Å². The molecule has 2 nitrogen and oxygen atoms in total. The molecule has 1 aliphatic rings. The van der Waals surface area contributed by atoms with E-state index in [1.807, 2.05) is 0 Å². The Kier molecular flexibility index (Phi) is 4.88. The topological polar surface area (TPSA) is 31.6 Å². The SMILES string of the molecule is Cc1ccc2[nH]c(C3(c4cc5cc(C)ccc5[nH]4)C=CC(C=Cc4ccccc4)=CC3)cc2c1. The van der Waals surface area contributed by atoms with Crippen LogP contribution in [0.15, 0.2) is 109 Å². The number of rotatable bonds is 4. The number of benzene rings is 3. The molecule has 0 radical (unpaired) electrons. The number of hydrogen-bond donors (Lipinski definition) is 2. The summed E-state index contributed by atoms with van der Waals surface area (Å²) >= 11 is 0. The minimum Gasteiger partial charge on any atom is -0.357 e. The summed E-state index contributed by atoms with van der Waals surface area (Å²) in [5.74, 6) is 0. The highest BCUT2D eigenvalue weighted by atomic mass is 14.8. The fourth-order valence-corrected chi connectivity index (χ4v) is 5.06. The maximum absolute atomic E-state index is 3.74. The van der Waals surface area contributed by atoms with Crippen molar-refractivity contribution in [2.75, 3.05) is 0 Å². The van der Waals surface area contributed by atoms with Crippen molar-refractivity contribution in [1.29, 1.82) is 0 Å². The van der Waals surface area contributed by atoms with Crippen LogP contribution in [0.3, 0.4) is 0 Å². The van der Waals surface area contributed by atoms with E-state index in [9.17, 15) is 0 Å². The lowest BCUT2D eigenvalue weighted by atomic mass is 9.74. The molecule has 0 unspecified atom stereocenters. The van der Waals surface area contributed by atoms with Crippen molar-refractivity contribution in [3.05, 3.63) is 137 Å². The maximum Gasteiger partial charge on any atom is 0.0721 e. The molecule has 166 valence electrons. The van der Waals surface area contributed by atoms with Crippen molar-refractivity contribution in [2.24, 2.45) is 0 Å². The van der Waals surface area contributed by atoms with Crippen LogP contribution in [0.25, 0.3) is 27.9 Å². The molecule has 0 bridgehead atoms. The quantitative estimate of drug-likeness (QED) is 0.283. The summed E-state index contributed by atoms with van der Waals surface area (Å²) in [5, 5.41) is 2.52. The predicted molar refractivity (Wildman–Crippen MR) is 144 cm³/mol. The summed E-state index contributed by atoms with van der Waals surface area (Å²) in [4.78, 5) is 7.48. The number of aryl methyl sites for hydroxylation is 2. The number of allylic oxidation sites excluding steroid dienone is 5. The van der Waals surface area contributed by atoms with Crippen LogP contribution in [-0.4, -0.2) is 9.97 Å². The Morgan fingerprint density at radius 2 is 1.32 bits per heavy atom. The van der Waals surface area contributed by atoms with Crippen LogP contribution in [-0.2, 0) is 5.41 Å². The van der Waals surface area contributed by atoms with Crippen LogP contribution in [0.2, 0.25) is 0 Å². The van der Waals surface area contributed by atoms with Gasteiger partial charge in [0.15, 0.2) is 0 Å². The lowest BCUT2D eigenvalue weighted by Gasteiger charge is -2.31. The molecule has 0 saturated heterocycles. The Morgan fingerprint density at radius 3 is 1.88 bits per heavy atom. The molecule has 6 rings (SSSR count). The van der Waals surface area contributed by atoms with Gasteiger partial charge < -0.3 is 9.97 Å². The van der Waals surface area contributed by atoms with E-state index in [4.69, 9.17) is 0 Å². The second-order valence-corrected chi connectivity index (χ2v) is 9.50. The summed E-state index contributed by atoms with van der Waals surface area (Å²) in [6.45, 7) is 4.30. The second-order valence-electron chi connectivity index (χ2n) is 9.50. The normalized spacial score (nSPS) is 15.4. The van der Waals surface area contributed by atoms with Crippen molar-refractivity contribution in [2.45, 2.75) is 25.7 Å². The Bertz CT molecular complexity index is 1510. The Balaban J connectivity index is 1.45. The van der Waals surface area contributed by atoms with E-state index in [0.29, 0.717) is 0 Å². The molecule has 2 heteroatoms. The van der Waals surface area contributed by atoms with Crippen LogP contribution in [0.1, 0.15) is 34.5 Å². The first-order valence-corrected chi connectivity index (χ1v) is 11.9. The molecule has 0 spiro atoms. The second kappa shape index (κ2) is 8.07. The minimum absolute atomic E-state index is 0.274. The first-order valence-electron chi connectivity index (χ1n) is 11.9. The van der Waals surface area contributed by atoms with Gasteiger partial charge in [-0.15, -0.1) is 0 Å². The van der Waals surface area contributed by atoms with Crippen molar-refractivity contribution < 1.29 is 0 Å². The van der Waals surface area contributed by atoms with E-state index < -0.39 is 0 Å². The molecule has 0 aliphatic heterocycles. The molecule has 2 aromatic heterocycles. The maximum atomic E-state index is 3.74. The number of aromatic amines is 2. The zero-order valence-corrected chi connectivity index (χ0v) is 19.6. The van der Waals surface area contributed by atoms with E-state index in [-0.39, 0.29) is 5.41 Å². The van der Waals surface area contributed by atoms with Crippen molar-refractivity contribution in [3.63, 3.8) is 0 Å². The van der Waals surface area contributed by atoms with Gasteiger partial charge in [0.05, 0.1) is 5.41 Å². The van der Waals surface area contributed by atoms with Gasteiger partial charge in [-0.3, -0.25) is 0 Å². The van der Waals surface area contributed by atoms with Gasteiger partial charge in [-0.2, -0.15) is 0 Å². The third-order valence-electron chi connectivity index (χ3n) is 7.00. The number of H-pyrrole nitrogens is 2. The molecule has 0 saturated carbocycles. The molecule has 5 aromatic rings. The first-order chi connectivity index (χ1) is 16.6. The average molecular weight is 441 g/mol. The molecule has 0 fully saturated rings. The lowest BCUT2D eigenvalue weighted by Crippen LogP contribution is -2.27. The van der Waals surface area contributed by atoms with Gasteiger partial charge in [-0.05, 0) is 78.6 Å². The Hall–Kier alpha value is -4.04. The van der Waals surface area contributed by atoms with Gasteiger partial charge in [-0.1, -0.05) is 84.0 Å². The first kappa shape index (κ1) is 20.6. The van der Waals surface area contributed by atoms with Crippen LogP contribution in [0, 0.1) is 13.8 Å². The summed E-state index contributed by atoms with van der Waals surface area (Å²) in [5.41, 5.74) is 9.53. The molecule has 0 amide bonds. The Labute approximate surface area is 200 Å². The summed E-state index contributed by atoms with van der Waals surface area (Å²) in [6, 6.07) is 28.3. The number of fused-ring (bicyclic) bond motifs is 2. The van der Waals surface area contributed by atoms with Crippen molar-refractivity contribution in [3.8, 4) is 0 Å². The van der Waals surface area contributed by atoms with Crippen molar-refractivity contribution in [1.82, 2.24) is 9.97 Å². The third-order valence-corrected chi connectivity index (χ3v) is 7.00. The van der Waals surface area contributed by atoms with Crippen LogP contribution < -0.4 is 0 Å². The van der Waals surface area contributed by atoms with E-state index in [1.165, 1.54) is 55.5 Å². The number of hydrogen-bond acceptors (Lipinski definition) is 0. The summed E-state index contributed by atoms with van der Waals surface area (Å²) < 4.78 is 0. The van der Waals surface area contributed by atoms with Gasteiger partial charge in [0, 0.05) is 22.4 Å². The van der Waals surface area contributed by atoms with E-state index in [1.54, 1.807) is 0 Å². The molecule has 34 heavy (non-hydrogen) atoms. The highest BCUT2D eigenvalue weighted by Gasteiger charge is 2.35. The molecule has 3 aromatic carbocycles. The van der Waals surface area contributed by atoms with Crippen LogP contribution in [0.4, 0.5) is 0 Å². The van der Waals surface area contributed by atoms with Crippen molar-refractivity contribution >= 4 is 27.9 Å². The van der Waals surface area contributed by atoms with Gasteiger partial charge in [0.2, 0.25) is 0 Å². The third kappa shape index (κ3) is 3.62. The average Bonchev–Trinajstić information content (AvgIpc) is 3.48. The summed E-state index contributed by atoms with van der Waals surface area (Å²) in [6.07, 6.45) is 12.3. The Morgan fingerprint density at radius 1 is 0.706 bits per heavy atom. The monoisotopic (exact) mass is 440 g/mol. The molecule has 1 aliphatic carbocycles. The molecule has 2 N–H and O–H groups in total. The zero-order valence-electron chi connectivity index (χ0n) is 19.6. The lowest BCUT2D eigenvalue weighted by molar-refractivity contribution is 0.613. The van der Waals surface area contributed by atoms with Crippen LogP contribution >= 0.6 is 0 Å². The van der Waals surface area contributed by atoms with Gasteiger partial charge >= 0.3 is 0 Å². The predicted octanol–water partition coefficient (Wildman–Crippen LogP) is 8.15. The van der Waals surface area contributed by atoms with E-state index in [2.05, 4.69) is 133 Å². The fraction of sp³-hybridized carbons (Fsp3) is 0.125. The number of nitrogens with one attached hydrogen (secondary N) is 2. The number of aromatic nitrogens is 2. The largest absolute Gasteiger partial charge is 0.357 e. The highest BCUT2D eigenvalue weighted by Crippen LogP contribution is 2.42. The standard InChI is InChI=1S/C32H28N2/c1-22-8-12-28-26(18-22)20-30(33-28)32(31-21-27-19-23(2)9-13-29(27)34-31)16-14-25(15-17-32)11-10-24-6-4-3-5-7-24/h3-16,18-21,33-34H,17H2,1-2H3. The highest BCUT2D eigenvalue weighted by molar-refractivity contribution is 5.84. The van der Waals surface area contributed by atoms with Crippen LogP contribution in [0.5, 0.6) is 0 Å². The van der Waals surface area contributed by atoms with Gasteiger partial charge in [-0.25, -0.2) is 0 Å². The minimum atomic E-state index is -0.274. The van der Waals surface area contributed by atoms with Gasteiger partial charge in [0.1, 0.15) is 0 Å². The molecular weight excluding hydrogens is 412 g/mol. The summed E-state index contributed by atoms with van der Waals surface area (Å²) in [7, 11) is 0.